The van der Waals surface area contributed by atoms with Crippen LogP contribution < -0.4 is 10.2 Å². The Balaban J connectivity index is 1.70. The van der Waals surface area contributed by atoms with Gasteiger partial charge in [-0.2, -0.15) is 0 Å². The number of nitrogens with zero attached hydrogens (tertiary/aromatic N) is 3. The lowest BCUT2D eigenvalue weighted by Crippen LogP contribution is -2.25. The van der Waals surface area contributed by atoms with Crippen LogP contribution >= 0.6 is 11.8 Å². The van der Waals surface area contributed by atoms with Crippen LogP contribution in [0, 0.1) is 13.8 Å². The third kappa shape index (κ3) is 5.22. The fourth-order valence-electron chi connectivity index (χ4n) is 2.91. The highest BCUT2D eigenvalue weighted by Crippen LogP contribution is 2.26. The summed E-state index contributed by atoms with van der Waals surface area (Å²) < 4.78 is 0. The molecule has 1 aliphatic carbocycles. The van der Waals surface area contributed by atoms with E-state index < -0.39 is 0 Å². The predicted molar refractivity (Wildman–Crippen MR) is 112 cm³/mol. The van der Waals surface area contributed by atoms with E-state index in [1.54, 1.807) is 11.8 Å². The summed E-state index contributed by atoms with van der Waals surface area (Å²) in [4.78, 5) is 23.8. The van der Waals surface area contributed by atoms with Crippen molar-refractivity contribution in [2.24, 2.45) is 0 Å². The first-order valence-electron chi connectivity index (χ1n) is 9.57. The minimum atomic E-state index is 0.0234. The van der Waals surface area contributed by atoms with E-state index in [2.05, 4.69) is 36.1 Å². The number of nitrogens with one attached hydrogen (secondary N) is 1. The van der Waals surface area contributed by atoms with Gasteiger partial charge in [-0.3, -0.25) is 4.79 Å². The van der Waals surface area contributed by atoms with E-state index in [1.165, 1.54) is 0 Å². The Kier molecular flexibility index (Phi) is 6.37. The molecule has 3 rings (SSSR count). The summed E-state index contributed by atoms with van der Waals surface area (Å²) in [5.74, 6) is 1.77. The summed E-state index contributed by atoms with van der Waals surface area (Å²) in [6.45, 7) is 7.25. The number of hydrogen-bond donors (Lipinski definition) is 1. The van der Waals surface area contributed by atoms with Crippen LogP contribution in [0.5, 0.6) is 0 Å². The van der Waals surface area contributed by atoms with Gasteiger partial charge in [0.1, 0.15) is 5.82 Å². The van der Waals surface area contributed by atoms with Crippen molar-refractivity contribution < 1.29 is 4.79 Å². The van der Waals surface area contributed by atoms with E-state index in [1.807, 2.05) is 31.2 Å². The van der Waals surface area contributed by atoms with Crippen LogP contribution in [-0.4, -0.2) is 35.5 Å². The van der Waals surface area contributed by atoms with E-state index in [-0.39, 0.29) is 5.91 Å². The van der Waals surface area contributed by atoms with Gasteiger partial charge in [0.2, 0.25) is 0 Å². The number of carbonyl (C=O) groups excluding carboxylic acids is 1. The largest absolute Gasteiger partial charge is 0.359 e. The first-order valence-corrected chi connectivity index (χ1v) is 10.6. The van der Waals surface area contributed by atoms with Gasteiger partial charge < -0.3 is 10.2 Å². The molecule has 1 N–H and O–H groups in total. The second kappa shape index (κ2) is 8.74. The minimum Gasteiger partial charge on any atom is -0.359 e. The zero-order valence-electron chi connectivity index (χ0n) is 16.6. The topological polar surface area (TPSA) is 58.1 Å². The van der Waals surface area contributed by atoms with Crippen molar-refractivity contribution in [3.63, 3.8) is 0 Å². The molecule has 1 heterocycles. The number of carbonyl (C=O) groups is 1. The summed E-state index contributed by atoms with van der Waals surface area (Å²) in [5, 5.41) is 3.82. The molecule has 1 amide bonds. The van der Waals surface area contributed by atoms with Gasteiger partial charge in [0, 0.05) is 42.2 Å². The first kappa shape index (κ1) is 19.7. The lowest BCUT2D eigenvalue weighted by Gasteiger charge is -2.20. The Morgan fingerprint density at radius 3 is 2.78 bits per heavy atom. The smallest absolute Gasteiger partial charge is 0.251 e. The number of rotatable bonds is 8. The Morgan fingerprint density at radius 1 is 1.30 bits per heavy atom. The molecule has 1 aromatic heterocycles. The molecule has 0 spiro atoms. The van der Waals surface area contributed by atoms with Crippen LogP contribution in [0.3, 0.4) is 0 Å². The van der Waals surface area contributed by atoms with Crippen molar-refractivity contribution >= 4 is 23.5 Å². The first-order chi connectivity index (χ1) is 13.0. The number of aromatic nitrogens is 2. The molecular formula is C21H28N4OS. The Labute approximate surface area is 166 Å². The van der Waals surface area contributed by atoms with Crippen LogP contribution in [0.4, 0.5) is 5.82 Å². The molecule has 0 unspecified atom stereocenters. The number of amides is 1. The number of thioether (sulfide) groups is 1. The maximum absolute atomic E-state index is 12.2. The Morgan fingerprint density at radius 2 is 2.07 bits per heavy atom. The van der Waals surface area contributed by atoms with Crippen LogP contribution in [0.25, 0.3) is 0 Å². The van der Waals surface area contributed by atoms with E-state index in [9.17, 15) is 4.79 Å². The molecule has 5 nitrogen and oxygen atoms in total. The van der Waals surface area contributed by atoms with Gasteiger partial charge >= 0.3 is 0 Å². The van der Waals surface area contributed by atoms with Gasteiger partial charge in [-0.05, 0) is 50.8 Å². The van der Waals surface area contributed by atoms with Crippen molar-refractivity contribution in [1.82, 2.24) is 15.3 Å². The van der Waals surface area contributed by atoms with Crippen LogP contribution in [0.2, 0.25) is 0 Å². The summed E-state index contributed by atoms with van der Waals surface area (Å²) in [6.07, 6.45) is 3.28. The lowest BCUT2D eigenvalue weighted by atomic mass is 10.1. The fourth-order valence-corrected chi connectivity index (χ4v) is 3.74. The van der Waals surface area contributed by atoms with Gasteiger partial charge in [0.05, 0.1) is 0 Å². The quantitative estimate of drug-likeness (QED) is 0.548. The Bertz CT molecular complexity index is 820. The molecule has 27 heavy (non-hydrogen) atoms. The van der Waals surface area contributed by atoms with Crippen LogP contribution in [0.1, 0.15) is 53.4 Å². The molecule has 144 valence electrons. The second-order valence-electron chi connectivity index (χ2n) is 7.20. The molecule has 0 bridgehead atoms. The van der Waals surface area contributed by atoms with Gasteiger partial charge in [0.25, 0.3) is 5.91 Å². The number of aryl methyl sites for hydroxylation is 1. The Hall–Kier alpha value is -2.08. The lowest BCUT2D eigenvalue weighted by molar-refractivity contribution is 0.0951. The molecule has 1 aromatic carbocycles. The number of anilines is 1. The molecule has 0 atom stereocenters. The molecule has 0 radical (unpaired) electrons. The van der Waals surface area contributed by atoms with Crippen LogP contribution in [0.15, 0.2) is 29.4 Å². The third-order valence-electron chi connectivity index (χ3n) is 4.73. The number of benzene rings is 1. The normalized spacial score (nSPS) is 13.5. The van der Waals surface area contributed by atoms with E-state index in [4.69, 9.17) is 4.98 Å². The van der Waals surface area contributed by atoms with E-state index in [0.29, 0.717) is 6.04 Å². The molecular weight excluding hydrogens is 356 g/mol. The summed E-state index contributed by atoms with van der Waals surface area (Å²) in [7, 11) is 2.08. The molecule has 0 saturated heterocycles. The predicted octanol–water partition coefficient (Wildman–Crippen LogP) is 4.12. The summed E-state index contributed by atoms with van der Waals surface area (Å²) in [5.41, 5.74) is 3.98. The third-order valence-corrected chi connectivity index (χ3v) is 5.65. The zero-order valence-corrected chi connectivity index (χ0v) is 17.4. The van der Waals surface area contributed by atoms with Crippen LogP contribution in [-0.2, 0) is 5.75 Å². The second-order valence-corrected chi connectivity index (χ2v) is 8.14. The minimum absolute atomic E-state index is 0.0234. The van der Waals surface area contributed by atoms with Crippen molar-refractivity contribution in [3.8, 4) is 0 Å². The molecule has 1 aliphatic rings. The fraction of sp³-hybridized carbons (Fsp3) is 0.476. The van der Waals surface area contributed by atoms with Crippen molar-refractivity contribution in [3.05, 3.63) is 46.6 Å². The monoisotopic (exact) mass is 384 g/mol. The van der Waals surface area contributed by atoms with Gasteiger partial charge in [0.15, 0.2) is 5.16 Å². The molecule has 1 saturated carbocycles. The van der Waals surface area contributed by atoms with Crippen molar-refractivity contribution in [2.75, 3.05) is 18.5 Å². The highest BCUT2D eigenvalue weighted by molar-refractivity contribution is 7.98. The zero-order chi connectivity index (χ0) is 19.4. The average Bonchev–Trinajstić information content (AvgIpc) is 3.47. The van der Waals surface area contributed by atoms with E-state index >= 15 is 0 Å². The SMILES string of the molecule is CCCN(C)c1nc(SCc2cccc(C(=O)NC3CC3)c2)nc(C)c1C. The standard InChI is InChI=1S/C21H28N4OS/c1-5-11-25(4)19-14(2)15(3)22-21(24-19)27-13-16-7-6-8-17(12-16)20(26)23-18-9-10-18/h6-8,12,18H,5,9-11,13H2,1-4H3,(H,23,26). The van der Waals surface area contributed by atoms with Gasteiger partial charge in [-0.25, -0.2) is 9.97 Å². The summed E-state index contributed by atoms with van der Waals surface area (Å²) >= 11 is 1.61. The molecule has 1 fully saturated rings. The molecule has 2 aromatic rings. The van der Waals surface area contributed by atoms with Crippen molar-refractivity contribution in [1.29, 1.82) is 0 Å². The van der Waals surface area contributed by atoms with Gasteiger partial charge in [-0.1, -0.05) is 30.8 Å². The van der Waals surface area contributed by atoms with E-state index in [0.717, 1.165) is 64.9 Å². The average molecular weight is 385 g/mol. The molecule has 6 heteroatoms. The number of hydrogen-bond acceptors (Lipinski definition) is 5. The van der Waals surface area contributed by atoms with Crippen molar-refractivity contribution in [2.45, 2.75) is 57.0 Å². The van der Waals surface area contributed by atoms with Gasteiger partial charge in [-0.15, -0.1) is 0 Å². The highest BCUT2D eigenvalue weighted by atomic mass is 32.2. The summed E-state index contributed by atoms with van der Waals surface area (Å²) in [6, 6.07) is 8.20. The highest BCUT2D eigenvalue weighted by Gasteiger charge is 2.23. The maximum atomic E-state index is 12.2. The maximum Gasteiger partial charge on any atom is 0.251 e. The molecule has 0 aliphatic heterocycles.